The van der Waals surface area contributed by atoms with Crippen LogP contribution in [0.15, 0.2) is 23.4 Å². The second-order valence-electron chi connectivity index (χ2n) is 5.34. The van der Waals surface area contributed by atoms with Gasteiger partial charge in [0.2, 0.25) is 0 Å². The van der Waals surface area contributed by atoms with E-state index in [1.807, 2.05) is 18.2 Å². The fourth-order valence-corrected chi connectivity index (χ4v) is 2.18. The highest BCUT2D eigenvalue weighted by molar-refractivity contribution is 5.87. The van der Waals surface area contributed by atoms with Crippen molar-refractivity contribution in [2.75, 3.05) is 20.8 Å². The molecule has 1 aromatic rings. The highest BCUT2D eigenvalue weighted by Crippen LogP contribution is 2.26. The predicted molar refractivity (Wildman–Crippen MR) is 92.8 cm³/mol. The van der Waals surface area contributed by atoms with Crippen LogP contribution in [-0.2, 0) is 14.4 Å². The van der Waals surface area contributed by atoms with E-state index in [1.165, 1.54) is 6.92 Å². The normalized spacial score (nSPS) is 12.0. The number of ether oxygens (including phenoxy) is 3. The summed E-state index contributed by atoms with van der Waals surface area (Å²) in [6.07, 6.45) is 5.28. The second-order valence-corrected chi connectivity index (χ2v) is 5.34. The first-order chi connectivity index (χ1) is 11.6. The molecule has 0 fully saturated rings. The van der Waals surface area contributed by atoms with Crippen molar-refractivity contribution in [2.24, 2.45) is 5.16 Å². The standard InChI is InChI=1S/C18H27NO5/c1-5-6-7-9-15(13-23-14(2)20)24-19-12-16-17(21-3)10-8-11-18(16)22-4/h8,10-12,15H,5-7,9,13H2,1-4H3/b19-12+/t15-/m1/s1. The van der Waals surface area contributed by atoms with Gasteiger partial charge >= 0.3 is 5.97 Å². The van der Waals surface area contributed by atoms with E-state index in [1.54, 1.807) is 20.4 Å². The van der Waals surface area contributed by atoms with Crippen molar-refractivity contribution < 1.29 is 23.8 Å². The average Bonchev–Trinajstić information content (AvgIpc) is 2.59. The Morgan fingerprint density at radius 1 is 1.21 bits per heavy atom. The number of carbonyl (C=O) groups is 1. The lowest BCUT2D eigenvalue weighted by Gasteiger charge is -2.15. The topological polar surface area (TPSA) is 66.4 Å². The SMILES string of the molecule is CCCCC[C@H](COC(C)=O)O/N=C/c1c(OC)cccc1OC. The number of hydrogen-bond acceptors (Lipinski definition) is 6. The van der Waals surface area contributed by atoms with Crippen LogP contribution < -0.4 is 9.47 Å². The van der Waals surface area contributed by atoms with Crippen molar-refractivity contribution in [3.8, 4) is 11.5 Å². The number of benzene rings is 1. The van der Waals surface area contributed by atoms with Gasteiger partial charge in [-0.05, 0) is 25.0 Å². The first-order valence-corrected chi connectivity index (χ1v) is 8.15. The molecule has 6 nitrogen and oxygen atoms in total. The van der Waals surface area contributed by atoms with E-state index >= 15 is 0 Å². The van der Waals surface area contributed by atoms with Gasteiger partial charge in [-0.15, -0.1) is 0 Å². The van der Waals surface area contributed by atoms with Crippen molar-refractivity contribution in [1.82, 2.24) is 0 Å². The molecule has 0 bridgehead atoms. The third-order valence-corrected chi connectivity index (χ3v) is 3.46. The quantitative estimate of drug-likeness (QED) is 0.267. The maximum absolute atomic E-state index is 11.0. The third-order valence-electron chi connectivity index (χ3n) is 3.46. The summed E-state index contributed by atoms with van der Waals surface area (Å²) in [6.45, 7) is 3.71. The van der Waals surface area contributed by atoms with Gasteiger partial charge in [0.05, 0.1) is 26.0 Å². The first-order valence-electron chi connectivity index (χ1n) is 8.15. The van der Waals surface area contributed by atoms with Crippen LogP contribution >= 0.6 is 0 Å². The molecule has 6 heteroatoms. The number of nitrogens with zero attached hydrogens (tertiary/aromatic N) is 1. The van der Waals surface area contributed by atoms with Gasteiger partial charge in [0.25, 0.3) is 0 Å². The summed E-state index contributed by atoms with van der Waals surface area (Å²) in [5, 5.41) is 4.04. The van der Waals surface area contributed by atoms with Crippen molar-refractivity contribution >= 4 is 12.2 Å². The van der Waals surface area contributed by atoms with Crippen LogP contribution in [0.2, 0.25) is 0 Å². The Bertz CT molecular complexity index is 508. The lowest BCUT2D eigenvalue weighted by Crippen LogP contribution is -2.19. The molecule has 1 rings (SSSR count). The summed E-state index contributed by atoms with van der Waals surface area (Å²) in [7, 11) is 3.17. The zero-order valence-electron chi connectivity index (χ0n) is 14.9. The molecule has 0 radical (unpaired) electrons. The number of methoxy groups -OCH3 is 2. The van der Waals surface area contributed by atoms with Crippen LogP contribution in [0.1, 0.15) is 45.1 Å². The highest BCUT2D eigenvalue weighted by atomic mass is 16.7. The molecule has 0 aliphatic heterocycles. The van der Waals surface area contributed by atoms with Crippen LogP contribution in [0.3, 0.4) is 0 Å². The monoisotopic (exact) mass is 337 g/mol. The van der Waals surface area contributed by atoms with Crippen molar-refractivity contribution in [3.05, 3.63) is 23.8 Å². The van der Waals surface area contributed by atoms with E-state index < -0.39 is 0 Å². The summed E-state index contributed by atoms with van der Waals surface area (Å²) in [4.78, 5) is 16.5. The minimum absolute atomic E-state index is 0.194. The lowest BCUT2D eigenvalue weighted by molar-refractivity contribution is -0.145. The van der Waals surface area contributed by atoms with Gasteiger partial charge in [-0.3, -0.25) is 4.79 Å². The van der Waals surface area contributed by atoms with Gasteiger partial charge in [-0.25, -0.2) is 0 Å². The third kappa shape index (κ3) is 6.89. The van der Waals surface area contributed by atoms with Gasteiger partial charge in [0, 0.05) is 6.92 Å². The minimum atomic E-state index is -0.325. The van der Waals surface area contributed by atoms with Crippen LogP contribution in [0.25, 0.3) is 0 Å². The predicted octanol–water partition coefficient (Wildman–Crippen LogP) is 3.57. The number of rotatable bonds is 11. The molecule has 24 heavy (non-hydrogen) atoms. The van der Waals surface area contributed by atoms with Crippen molar-refractivity contribution in [1.29, 1.82) is 0 Å². The van der Waals surface area contributed by atoms with Crippen LogP contribution in [-0.4, -0.2) is 39.1 Å². The van der Waals surface area contributed by atoms with Gasteiger partial charge in [-0.1, -0.05) is 31.0 Å². The molecule has 0 aliphatic rings. The molecule has 0 amide bonds. The molecule has 0 aliphatic carbocycles. The van der Waals surface area contributed by atoms with Gasteiger partial charge in [0.15, 0.2) is 6.10 Å². The number of oxime groups is 1. The van der Waals surface area contributed by atoms with E-state index in [4.69, 9.17) is 19.0 Å². The Kier molecular flexibility index (Phi) is 9.34. The number of carbonyl (C=O) groups excluding carboxylic acids is 1. The molecule has 0 N–H and O–H groups in total. The van der Waals surface area contributed by atoms with E-state index in [0.717, 1.165) is 25.7 Å². The Hall–Kier alpha value is -2.24. The Labute approximate surface area is 143 Å². The summed E-state index contributed by atoms with van der Waals surface area (Å²) in [5.41, 5.74) is 0.697. The molecule has 0 unspecified atom stereocenters. The Morgan fingerprint density at radius 3 is 2.42 bits per heavy atom. The molecular formula is C18H27NO5. The second kappa shape index (κ2) is 11.3. The average molecular weight is 337 g/mol. The maximum Gasteiger partial charge on any atom is 0.302 e. The molecule has 0 aromatic heterocycles. The van der Waals surface area contributed by atoms with Crippen molar-refractivity contribution in [3.63, 3.8) is 0 Å². The van der Waals surface area contributed by atoms with E-state index in [0.29, 0.717) is 17.1 Å². The van der Waals surface area contributed by atoms with Crippen LogP contribution in [0.4, 0.5) is 0 Å². The zero-order chi connectivity index (χ0) is 17.8. The molecule has 0 heterocycles. The largest absolute Gasteiger partial charge is 0.496 e. The number of hydrogen-bond donors (Lipinski definition) is 0. The zero-order valence-corrected chi connectivity index (χ0v) is 14.9. The van der Waals surface area contributed by atoms with E-state index in [-0.39, 0.29) is 18.7 Å². The lowest BCUT2D eigenvalue weighted by atomic mass is 10.1. The molecular weight excluding hydrogens is 310 g/mol. The fraction of sp³-hybridized carbons (Fsp3) is 0.556. The molecule has 0 spiro atoms. The fourth-order valence-electron chi connectivity index (χ4n) is 2.18. The number of esters is 1. The van der Waals surface area contributed by atoms with Gasteiger partial charge in [0.1, 0.15) is 18.1 Å². The molecule has 134 valence electrons. The molecule has 1 atom stereocenters. The molecule has 1 aromatic carbocycles. The number of unbranched alkanes of at least 4 members (excludes halogenated alkanes) is 2. The van der Waals surface area contributed by atoms with Crippen LogP contribution in [0, 0.1) is 0 Å². The first kappa shape index (κ1) is 19.8. The van der Waals surface area contributed by atoms with Crippen molar-refractivity contribution in [2.45, 2.75) is 45.6 Å². The summed E-state index contributed by atoms with van der Waals surface area (Å²) in [6, 6.07) is 5.48. The van der Waals surface area contributed by atoms with E-state index in [2.05, 4.69) is 12.1 Å². The maximum atomic E-state index is 11.0. The van der Waals surface area contributed by atoms with E-state index in [9.17, 15) is 4.79 Å². The summed E-state index contributed by atoms with van der Waals surface area (Å²) in [5.74, 6) is 0.961. The Morgan fingerprint density at radius 2 is 1.88 bits per heavy atom. The van der Waals surface area contributed by atoms with Gasteiger partial charge in [-0.2, -0.15) is 0 Å². The summed E-state index contributed by atoms with van der Waals surface area (Å²) < 4.78 is 15.7. The summed E-state index contributed by atoms with van der Waals surface area (Å²) >= 11 is 0. The smallest absolute Gasteiger partial charge is 0.302 e. The highest BCUT2D eigenvalue weighted by Gasteiger charge is 2.12. The molecule has 0 saturated heterocycles. The minimum Gasteiger partial charge on any atom is -0.496 e. The Balaban J connectivity index is 2.73. The van der Waals surface area contributed by atoms with Crippen LogP contribution in [0.5, 0.6) is 11.5 Å². The molecule has 0 saturated carbocycles. The van der Waals surface area contributed by atoms with Gasteiger partial charge < -0.3 is 19.0 Å².